The van der Waals surface area contributed by atoms with Crippen LogP contribution >= 0.6 is 11.3 Å². The first-order valence-electron chi connectivity index (χ1n) is 15.9. The molecule has 214 valence electrons. The van der Waals surface area contributed by atoms with Crippen molar-refractivity contribution < 1.29 is 0 Å². The van der Waals surface area contributed by atoms with Gasteiger partial charge in [-0.1, -0.05) is 91.0 Å². The van der Waals surface area contributed by atoms with E-state index in [2.05, 4.69) is 155 Å². The van der Waals surface area contributed by atoms with Crippen LogP contribution in [0.15, 0.2) is 146 Å². The Morgan fingerprint density at radius 3 is 2.27 bits per heavy atom. The molecule has 10 rings (SSSR count). The molecule has 2 aliphatic rings. The molecule has 0 N–H and O–H groups in total. The number of allylic oxidation sites excluding steroid dienone is 1. The summed E-state index contributed by atoms with van der Waals surface area (Å²) in [5.74, 6) is 0.512. The number of anilines is 2. The van der Waals surface area contributed by atoms with Crippen molar-refractivity contribution in [3.05, 3.63) is 151 Å². The fraction of sp³-hybridized carbons (Fsp3) is 0.0952. The molecule has 6 aromatic carbocycles. The number of aromatic nitrogens is 1. The number of benzene rings is 6. The Kier molecular flexibility index (Phi) is 5.43. The van der Waals surface area contributed by atoms with E-state index in [4.69, 9.17) is 0 Å². The van der Waals surface area contributed by atoms with Gasteiger partial charge in [-0.05, 0) is 84.1 Å². The third-order valence-electron chi connectivity index (χ3n) is 10.0. The molecule has 0 saturated carbocycles. The molecule has 0 radical (unpaired) electrons. The lowest BCUT2D eigenvalue weighted by Crippen LogP contribution is -2.29. The van der Waals surface area contributed by atoms with E-state index < -0.39 is 0 Å². The van der Waals surface area contributed by atoms with Crippen LogP contribution in [0, 0.1) is 0 Å². The molecule has 1 aliphatic heterocycles. The SMILES string of the molecule is C1=CC2C(CC1)c1cc(-c3ccc4c(c3)c3ccccc3n4-c3cccc4c3sc3ccccc34)ccc1N2c1ccccc1. The lowest BCUT2D eigenvalue weighted by atomic mass is 9.85. The summed E-state index contributed by atoms with van der Waals surface area (Å²) in [5, 5.41) is 5.25. The number of para-hydroxylation sites is 2. The highest BCUT2D eigenvalue weighted by molar-refractivity contribution is 7.26. The van der Waals surface area contributed by atoms with Gasteiger partial charge in [0.25, 0.3) is 0 Å². The van der Waals surface area contributed by atoms with Crippen molar-refractivity contribution in [1.82, 2.24) is 4.57 Å². The topological polar surface area (TPSA) is 8.17 Å². The normalized spacial score (nSPS) is 17.5. The lowest BCUT2D eigenvalue weighted by molar-refractivity contribution is 0.573. The fourth-order valence-electron chi connectivity index (χ4n) is 8.05. The maximum absolute atomic E-state index is 2.55. The minimum Gasteiger partial charge on any atom is -0.334 e. The Morgan fingerprint density at radius 2 is 1.33 bits per heavy atom. The quantitative estimate of drug-likeness (QED) is 0.185. The highest BCUT2D eigenvalue weighted by Gasteiger charge is 2.38. The molecule has 0 amide bonds. The standard InChI is InChI=1S/C42H30N2S/c1-2-11-29(12-3-1)43-36-17-7-4-13-30(36)34-25-27(21-23-38(34)43)28-22-24-39-35(26-28)31-14-5-8-18-37(31)44(39)40-19-10-16-33-32-15-6-9-20-41(32)45-42(33)40/h1-3,5-12,14-26,30,36H,4,13H2. The molecule has 3 heterocycles. The van der Waals surface area contributed by atoms with Gasteiger partial charge < -0.3 is 9.47 Å². The molecule has 0 spiro atoms. The van der Waals surface area contributed by atoms with E-state index in [9.17, 15) is 0 Å². The number of rotatable bonds is 3. The molecule has 2 aromatic heterocycles. The van der Waals surface area contributed by atoms with Crippen molar-refractivity contribution in [1.29, 1.82) is 0 Å². The third-order valence-corrected chi connectivity index (χ3v) is 11.2. The predicted octanol–water partition coefficient (Wildman–Crippen LogP) is 11.8. The van der Waals surface area contributed by atoms with E-state index >= 15 is 0 Å². The number of fused-ring (bicyclic) bond motifs is 9. The van der Waals surface area contributed by atoms with Crippen LogP contribution in [0.1, 0.15) is 24.3 Å². The van der Waals surface area contributed by atoms with Crippen LogP contribution < -0.4 is 4.90 Å². The van der Waals surface area contributed by atoms with E-state index in [-0.39, 0.29) is 0 Å². The molecule has 0 bridgehead atoms. The van der Waals surface area contributed by atoms with Crippen molar-refractivity contribution in [2.45, 2.75) is 24.8 Å². The van der Waals surface area contributed by atoms with Crippen LogP contribution in [0.2, 0.25) is 0 Å². The first-order chi connectivity index (χ1) is 22.3. The van der Waals surface area contributed by atoms with Gasteiger partial charge in [0.15, 0.2) is 0 Å². The van der Waals surface area contributed by atoms with E-state index in [1.165, 1.54) is 82.2 Å². The van der Waals surface area contributed by atoms with E-state index in [0.717, 1.165) is 6.42 Å². The zero-order valence-corrected chi connectivity index (χ0v) is 25.5. The van der Waals surface area contributed by atoms with Crippen molar-refractivity contribution >= 4 is 64.7 Å². The summed E-state index contributed by atoms with van der Waals surface area (Å²) in [6, 6.07) is 49.9. The van der Waals surface area contributed by atoms with Gasteiger partial charge in [0.05, 0.1) is 27.5 Å². The van der Waals surface area contributed by atoms with Crippen molar-refractivity contribution in [3.63, 3.8) is 0 Å². The van der Waals surface area contributed by atoms with Gasteiger partial charge in [0.1, 0.15) is 0 Å². The molecule has 0 saturated heterocycles. The molecule has 2 atom stereocenters. The fourth-order valence-corrected chi connectivity index (χ4v) is 9.26. The van der Waals surface area contributed by atoms with Crippen LogP contribution in [-0.2, 0) is 0 Å². The van der Waals surface area contributed by atoms with Gasteiger partial charge in [-0.15, -0.1) is 11.3 Å². The summed E-state index contributed by atoms with van der Waals surface area (Å²) >= 11 is 1.89. The number of thiophene rings is 1. The average molecular weight is 595 g/mol. The lowest BCUT2D eigenvalue weighted by Gasteiger charge is -2.30. The van der Waals surface area contributed by atoms with Gasteiger partial charge >= 0.3 is 0 Å². The van der Waals surface area contributed by atoms with Gasteiger partial charge in [-0.3, -0.25) is 0 Å². The molecular weight excluding hydrogens is 565 g/mol. The largest absolute Gasteiger partial charge is 0.334 e. The maximum atomic E-state index is 2.55. The summed E-state index contributed by atoms with van der Waals surface area (Å²) in [5.41, 5.74) is 10.4. The van der Waals surface area contributed by atoms with Crippen LogP contribution in [0.5, 0.6) is 0 Å². The Bertz CT molecular complexity index is 2460. The minimum atomic E-state index is 0.378. The second-order valence-corrected chi connectivity index (χ2v) is 13.5. The van der Waals surface area contributed by atoms with Crippen LogP contribution in [0.3, 0.4) is 0 Å². The van der Waals surface area contributed by atoms with Crippen LogP contribution in [-0.4, -0.2) is 10.6 Å². The summed E-state index contributed by atoms with van der Waals surface area (Å²) in [6.45, 7) is 0. The monoisotopic (exact) mass is 594 g/mol. The number of hydrogen-bond donors (Lipinski definition) is 0. The Hall–Kier alpha value is -5.12. The molecule has 0 fully saturated rings. The maximum Gasteiger partial charge on any atom is 0.0640 e. The van der Waals surface area contributed by atoms with Crippen molar-refractivity contribution in [2.75, 3.05) is 4.90 Å². The van der Waals surface area contributed by atoms with Crippen molar-refractivity contribution in [3.8, 4) is 16.8 Å². The molecule has 3 heteroatoms. The Balaban J connectivity index is 1.15. The van der Waals surface area contributed by atoms with Crippen LogP contribution in [0.4, 0.5) is 11.4 Å². The van der Waals surface area contributed by atoms with E-state index in [1.807, 2.05) is 11.3 Å². The molecule has 2 unspecified atom stereocenters. The van der Waals surface area contributed by atoms with Crippen LogP contribution in [0.25, 0.3) is 58.8 Å². The number of nitrogens with zero attached hydrogens (tertiary/aromatic N) is 2. The summed E-state index contributed by atoms with van der Waals surface area (Å²) < 4.78 is 5.15. The molecule has 45 heavy (non-hydrogen) atoms. The van der Waals surface area contributed by atoms with E-state index in [0.29, 0.717) is 12.0 Å². The molecular formula is C42H30N2S. The minimum absolute atomic E-state index is 0.378. The second-order valence-electron chi connectivity index (χ2n) is 12.4. The van der Waals surface area contributed by atoms with Gasteiger partial charge in [-0.2, -0.15) is 0 Å². The molecule has 1 aliphatic carbocycles. The second kappa shape index (κ2) is 9.69. The number of hydrogen-bond acceptors (Lipinski definition) is 2. The van der Waals surface area contributed by atoms with Gasteiger partial charge in [0, 0.05) is 43.5 Å². The predicted molar refractivity (Wildman–Crippen MR) is 193 cm³/mol. The summed E-state index contributed by atoms with van der Waals surface area (Å²) in [6.07, 6.45) is 7.13. The van der Waals surface area contributed by atoms with E-state index in [1.54, 1.807) is 0 Å². The highest BCUT2D eigenvalue weighted by Crippen LogP contribution is 2.50. The van der Waals surface area contributed by atoms with Gasteiger partial charge in [0.2, 0.25) is 0 Å². The first kappa shape index (κ1) is 25.2. The summed E-state index contributed by atoms with van der Waals surface area (Å²) in [4.78, 5) is 2.55. The Morgan fingerprint density at radius 1 is 0.578 bits per heavy atom. The average Bonchev–Trinajstić information content (AvgIpc) is 3.76. The first-order valence-corrected chi connectivity index (χ1v) is 16.7. The molecule has 2 nitrogen and oxygen atoms in total. The zero-order valence-electron chi connectivity index (χ0n) is 24.7. The smallest absolute Gasteiger partial charge is 0.0640 e. The highest BCUT2D eigenvalue weighted by atomic mass is 32.1. The zero-order chi connectivity index (χ0) is 29.5. The summed E-state index contributed by atoms with van der Waals surface area (Å²) in [7, 11) is 0. The van der Waals surface area contributed by atoms with Gasteiger partial charge in [-0.25, -0.2) is 0 Å². The molecule has 8 aromatic rings. The Labute approximate surface area is 266 Å². The third kappa shape index (κ3) is 3.68. The van der Waals surface area contributed by atoms with Crippen molar-refractivity contribution in [2.24, 2.45) is 0 Å².